The topological polar surface area (TPSA) is 0 Å². The van der Waals surface area contributed by atoms with Crippen LogP contribution in [0.3, 0.4) is 0 Å². The minimum absolute atomic E-state index is 0.841. The van der Waals surface area contributed by atoms with Crippen LogP contribution in [0.25, 0.3) is 0 Å². The third kappa shape index (κ3) is 10.9. The van der Waals surface area contributed by atoms with Crippen LogP contribution < -0.4 is 0 Å². The lowest BCUT2D eigenvalue weighted by atomic mass is 9.88. The van der Waals surface area contributed by atoms with Crippen molar-refractivity contribution in [2.24, 2.45) is 11.8 Å². The molecule has 18 heavy (non-hydrogen) atoms. The van der Waals surface area contributed by atoms with Gasteiger partial charge in [0.15, 0.2) is 0 Å². The fourth-order valence-electron chi connectivity index (χ4n) is 2.56. The van der Waals surface area contributed by atoms with Crippen molar-refractivity contribution in [3.05, 3.63) is 12.2 Å². The van der Waals surface area contributed by atoms with E-state index < -0.39 is 0 Å². The predicted molar refractivity (Wildman–Crippen MR) is 85.0 cm³/mol. The van der Waals surface area contributed by atoms with Crippen LogP contribution in [0.15, 0.2) is 12.2 Å². The van der Waals surface area contributed by atoms with Gasteiger partial charge in [0, 0.05) is 0 Å². The molecule has 0 N–H and O–H groups in total. The SMILES string of the molecule is CCCC/C=C/C(CCCC)CC(C)CCCC. The molecule has 0 aromatic rings. The van der Waals surface area contributed by atoms with Gasteiger partial charge in [-0.05, 0) is 31.1 Å². The summed E-state index contributed by atoms with van der Waals surface area (Å²) in [6.07, 6.45) is 18.6. The zero-order chi connectivity index (χ0) is 13.6. The molecule has 0 aromatic heterocycles. The van der Waals surface area contributed by atoms with Crippen LogP contribution in [0.1, 0.15) is 91.9 Å². The monoisotopic (exact) mass is 252 g/mol. The van der Waals surface area contributed by atoms with Crippen LogP contribution >= 0.6 is 0 Å². The van der Waals surface area contributed by atoms with Crippen LogP contribution in [0.4, 0.5) is 0 Å². The molecule has 0 amide bonds. The molecule has 2 unspecified atom stereocenters. The second-order valence-corrected chi connectivity index (χ2v) is 5.96. The molecular weight excluding hydrogens is 216 g/mol. The lowest BCUT2D eigenvalue weighted by Gasteiger charge is -2.18. The number of hydrogen-bond acceptors (Lipinski definition) is 0. The van der Waals surface area contributed by atoms with Gasteiger partial charge < -0.3 is 0 Å². The van der Waals surface area contributed by atoms with E-state index in [0.717, 1.165) is 11.8 Å². The third-order valence-corrected chi connectivity index (χ3v) is 3.82. The summed E-state index contributed by atoms with van der Waals surface area (Å²) in [5.74, 6) is 1.75. The smallest absolute Gasteiger partial charge is 0.0231 e. The summed E-state index contributed by atoms with van der Waals surface area (Å²) in [6.45, 7) is 9.31. The zero-order valence-electron chi connectivity index (χ0n) is 13.4. The van der Waals surface area contributed by atoms with E-state index in [1.807, 2.05) is 0 Å². The van der Waals surface area contributed by atoms with E-state index in [1.165, 1.54) is 64.2 Å². The van der Waals surface area contributed by atoms with Crippen LogP contribution in [0.2, 0.25) is 0 Å². The summed E-state index contributed by atoms with van der Waals surface area (Å²) < 4.78 is 0. The summed E-state index contributed by atoms with van der Waals surface area (Å²) in [7, 11) is 0. The zero-order valence-corrected chi connectivity index (χ0v) is 13.4. The highest BCUT2D eigenvalue weighted by atomic mass is 14.2. The summed E-state index contributed by atoms with van der Waals surface area (Å²) in [5.41, 5.74) is 0. The Hall–Kier alpha value is -0.260. The first-order chi connectivity index (χ1) is 8.74. The van der Waals surface area contributed by atoms with E-state index in [-0.39, 0.29) is 0 Å². The molecule has 0 radical (unpaired) electrons. The van der Waals surface area contributed by atoms with E-state index >= 15 is 0 Å². The van der Waals surface area contributed by atoms with Crippen molar-refractivity contribution in [2.75, 3.05) is 0 Å². The highest BCUT2D eigenvalue weighted by Gasteiger charge is 2.09. The Kier molecular flexibility index (Phi) is 13.0. The summed E-state index contributed by atoms with van der Waals surface area (Å²) >= 11 is 0. The normalized spacial score (nSPS) is 15.1. The maximum atomic E-state index is 2.52. The molecule has 0 aliphatic rings. The number of rotatable bonds is 12. The largest absolute Gasteiger partial charge is 0.0883 e. The van der Waals surface area contributed by atoms with Gasteiger partial charge in [-0.25, -0.2) is 0 Å². The first kappa shape index (κ1) is 17.7. The van der Waals surface area contributed by atoms with Crippen LogP contribution in [0.5, 0.6) is 0 Å². The first-order valence-electron chi connectivity index (χ1n) is 8.41. The Labute approximate surface area is 116 Å². The van der Waals surface area contributed by atoms with Gasteiger partial charge in [-0.15, -0.1) is 0 Å². The molecule has 0 aliphatic carbocycles. The highest BCUT2D eigenvalue weighted by molar-refractivity contribution is 4.89. The van der Waals surface area contributed by atoms with Crippen molar-refractivity contribution in [2.45, 2.75) is 91.9 Å². The molecule has 0 aliphatic heterocycles. The van der Waals surface area contributed by atoms with E-state index in [0.29, 0.717) is 0 Å². The van der Waals surface area contributed by atoms with E-state index in [9.17, 15) is 0 Å². The van der Waals surface area contributed by atoms with Gasteiger partial charge in [0.2, 0.25) is 0 Å². The predicted octanol–water partition coefficient (Wildman–Crippen LogP) is 6.76. The van der Waals surface area contributed by atoms with Gasteiger partial charge in [0.1, 0.15) is 0 Å². The maximum Gasteiger partial charge on any atom is -0.0231 e. The lowest BCUT2D eigenvalue weighted by molar-refractivity contribution is 0.388. The number of allylic oxidation sites excluding steroid dienone is 2. The van der Waals surface area contributed by atoms with Gasteiger partial charge in [-0.3, -0.25) is 0 Å². The van der Waals surface area contributed by atoms with E-state index in [1.54, 1.807) is 0 Å². The molecule has 0 rings (SSSR count). The Bertz CT molecular complexity index is 180. The molecule has 0 nitrogen and oxygen atoms in total. The summed E-state index contributed by atoms with van der Waals surface area (Å²) in [5, 5.41) is 0. The molecule has 0 saturated heterocycles. The second kappa shape index (κ2) is 13.2. The Morgan fingerprint density at radius 3 is 2.06 bits per heavy atom. The summed E-state index contributed by atoms with van der Waals surface area (Å²) in [4.78, 5) is 0. The number of hydrogen-bond donors (Lipinski definition) is 0. The second-order valence-electron chi connectivity index (χ2n) is 5.96. The van der Waals surface area contributed by atoms with Gasteiger partial charge in [0.25, 0.3) is 0 Å². The molecule has 0 fully saturated rings. The molecular formula is C18H36. The third-order valence-electron chi connectivity index (χ3n) is 3.82. The van der Waals surface area contributed by atoms with Gasteiger partial charge in [-0.2, -0.15) is 0 Å². The minimum Gasteiger partial charge on any atom is -0.0883 e. The molecule has 0 bridgehead atoms. The quantitative estimate of drug-likeness (QED) is 0.266. The first-order valence-corrected chi connectivity index (χ1v) is 8.41. The molecule has 0 saturated carbocycles. The molecule has 0 heteroatoms. The summed E-state index contributed by atoms with van der Waals surface area (Å²) in [6, 6.07) is 0. The highest BCUT2D eigenvalue weighted by Crippen LogP contribution is 2.23. The van der Waals surface area contributed by atoms with E-state index in [4.69, 9.17) is 0 Å². The fraction of sp³-hybridized carbons (Fsp3) is 0.889. The standard InChI is InChI=1S/C18H36/c1-5-8-11-12-15-18(14-10-7-3)16-17(4)13-9-6-2/h12,15,17-18H,5-11,13-14,16H2,1-4H3/b15-12+. The van der Waals surface area contributed by atoms with Gasteiger partial charge >= 0.3 is 0 Å². The van der Waals surface area contributed by atoms with Crippen molar-refractivity contribution >= 4 is 0 Å². The Morgan fingerprint density at radius 2 is 1.44 bits per heavy atom. The molecule has 0 spiro atoms. The minimum atomic E-state index is 0.841. The maximum absolute atomic E-state index is 2.52. The van der Waals surface area contributed by atoms with Crippen LogP contribution in [-0.4, -0.2) is 0 Å². The van der Waals surface area contributed by atoms with E-state index in [2.05, 4.69) is 39.8 Å². The van der Waals surface area contributed by atoms with Gasteiger partial charge in [-0.1, -0.05) is 84.8 Å². The van der Waals surface area contributed by atoms with Crippen molar-refractivity contribution in [1.82, 2.24) is 0 Å². The molecule has 2 atom stereocenters. The fourth-order valence-corrected chi connectivity index (χ4v) is 2.56. The average molecular weight is 252 g/mol. The molecule has 0 aromatic carbocycles. The average Bonchev–Trinajstić information content (AvgIpc) is 2.38. The van der Waals surface area contributed by atoms with Crippen molar-refractivity contribution in [1.29, 1.82) is 0 Å². The Morgan fingerprint density at radius 1 is 0.833 bits per heavy atom. The van der Waals surface area contributed by atoms with Crippen molar-refractivity contribution in [3.63, 3.8) is 0 Å². The Balaban J connectivity index is 3.99. The van der Waals surface area contributed by atoms with Crippen LogP contribution in [-0.2, 0) is 0 Å². The van der Waals surface area contributed by atoms with Gasteiger partial charge in [0.05, 0.1) is 0 Å². The van der Waals surface area contributed by atoms with Crippen LogP contribution in [0, 0.1) is 11.8 Å². The molecule has 0 heterocycles. The lowest BCUT2D eigenvalue weighted by Crippen LogP contribution is -2.04. The number of unbranched alkanes of at least 4 members (excludes halogenated alkanes) is 4. The van der Waals surface area contributed by atoms with Crippen molar-refractivity contribution in [3.8, 4) is 0 Å². The van der Waals surface area contributed by atoms with Crippen molar-refractivity contribution < 1.29 is 0 Å². The molecule has 108 valence electrons.